The largest absolute Gasteiger partial charge is 0.477 e. The minimum Gasteiger partial charge on any atom is -0.477 e. The van der Waals surface area contributed by atoms with Gasteiger partial charge in [0, 0.05) is 13.1 Å². The topological polar surface area (TPSA) is 74.7 Å². The molecule has 19 heavy (non-hydrogen) atoms. The lowest BCUT2D eigenvalue weighted by molar-refractivity contribution is 0.0702. The van der Waals surface area contributed by atoms with Crippen molar-refractivity contribution >= 4 is 27.3 Å². The van der Waals surface area contributed by atoms with Crippen LogP contribution in [0.25, 0.3) is 0 Å². The number of thiophene rings is 1. The van der Waals surface area contributed by atoms with Crippen LogP contribution in [0, 0.1) is 11.8 Å². The molecule has 0 amide bonds. The summed E-state index contributed by atoms with van der Waals surface area (Å²) >= 11 is 0.815. The third kappa shape index (κ3) is 2.98. The molecule has 1 aliphatic heterocycles. The van der Waals surface area contributed by atoms with Crippen molar-refractivity contribution in [1.29, 1.82) is 0 Å². The quantitative estimate of drug-likeness (QED) is 0.928. The van der Waals surface area contributed by atoms with Crippen molar-refractivity contribution in [1.82, 2.24) is 4.31 Å². The van der Waals surface area contributed by atoms with Crippen molar-refractivity contribution in [3.8, 4) is 0 Å². The van der Waals surface area contributed by atoms with Crippen LogP contribution in [-0.2, 0) is 10.0 Å². The molecule has 2 unspecified atom stereocenters. The van der Waals surface area contributed by atoms with Gasteiger partial charge in [-0.3, -0.25) is 0 Å². The molecule has 2 atom stereocenters. The average Bonchev–Trinajstić information content (AvgIpc) is 2.77. The Morgan fingerprint density at radius 2 is 1.89 bits per heavy atom. The highest BCUT2D eigenvalue weighted by Gasteiger charge is 2.32. The summed E-state index contributed by atoms with van der Waals surface area (Å²) in [5, 5.41) is 8.86. The zero-order valence-electron chi connectivity index (χ0n) is 10.9. The standard InChI is InChI=1S/C12H17NO4S2/c1-8-5-9(2)7-13(6-8)19(16,17)11-4-3-10(18-11)12(14)15/h3-4,8-9H,5-7H2,1-2H3,(H,14,15). The first-order chi connectivity index (χ1) is 8.80. The number of nitrogens with zero attached hydrogens (tertiary/aromatic N) is 1. The van der Waals surface area contributed by atoms with Crippen LogP contribution >= 0.6 is 11.3 Å². The lowest BCUT2D eigenvalue weighted by Crippen LogP contribution is -2.42. The third-order valence-electron chi connectivity index (χ3n) is 3.22. The molecule has 0 saturated carbocycles. The third-order valence-corrected chi connectivity index (χ3v) is 6.59. The van der Waals surface area contributed by atoms with Crippen LogP contribution < -0.4 is 0 Å². The number of carbonyl (C=O) groups is 1. The molecule has 106 valence electrons. The van der Waals surface area contributed by atoms with Crippen LogP contribution in [-0.4, -0.2) is 36.9 Å². The second kappa shape index (κ2) is 5.22. The molecule has 1 fully saturated rings. The summed E-state index contributed by atoms with van der Waals surface area (Å²) in [6, 6.07) is 2.73. The summed E-state index contributed by atoms with van der Waals surface area (Å²) in [6.45, 7) is 5.09. The fourth-order valence-electron chi connectivity index (χ4n) is 2.50. The first-order valence-corrected chi connectivity index (χ1v) is 8.39. The van der Waals surface area contributed by atoms with Crippen LogP contribution in [0.15, 0.2) is 16.3 Å². The molecule has 2 heterocycles. The van der Waals surface area contributed by atoms with Crippen LogP contribution in [0.2, 0.25) is 0 Å². The molecule has 5 nitrogen and oxygen atoms in total. The molecule has 0 bridgehead atoms. The highest BCUT2D eigenvalue weighted by molar-refractivity contribution is 7.91. The van der Waals surface area contributed by atoms with Gasteiger partial charge in [0.1, 0.15) is 9.09 Å². The molecule has 0 aromatic carbocycles. The van der Waals surface area contributed by atoms with E-state index < -0.39 is 16.0 Å². The molecule has 1 aromatic heterocycles. The van der Waals surface area contributed by atoms with Crippen molar-refractivity contribution in [3.05, 3.63) is 17.0 Å². The number of hydrogen-bond donors (Lipinski definition) is 1. The van der Waals surface area contributed by atoms with Gasteiger partial charge in [0.05, 0.1) is 0 Å². The Labute approximate surface area is 116 Å². The maximum Gasteiger partial charge on any atom is 0.345 e. The number of aromatic carboxylic acids is 1. The Morgan fingerprint density at radius 3 is 2.37 bits per heavy atom. The van der Waals surface area contributed by atoms with Crippen molar-refractivity contribution in [3.63, 3.8) is 0 Å². The molecule has 2 rings (SSSR count). The smallest absolute Gasteiger partial charge is 0.345 e. The van der Waals surface area contributed by atoms with Gasteiger partial charge in [-0.25, -0.2) is 13.2 Å². The van der Waals surface area contributed by atoms with E-state index in [9.17, 15) is 13.2 Å². The molecule has 1 saturated heterocycles. The Kier molecular flexibility index (Phi) is 3.98. The van der Waals surface area contributed by atoms with E-state index in [4.69, 9.17) is 5.11 Å². The Morgan fingerprint density at radius 1 is 1.32 bits per heavy atom. The number of carboxylic acids is 1. The van der Waals surface area contributed by atoms with Crippen LogP contribution in [0.1, 0.15) is 29.9 Å². The highest BCUT2D eigenvalue weighted by Crippen LogP contribution is 2.30. The van der Waals surface area contributed by atoms with Crippen LogP contribution in [0.4, 0.5) is 0 Å². The van der Waals surface area contributed by atoms with E-state index in [1.807, 2.05) is 13.8 Å². The summed E-state index contributed by atoms with van der Waals surface area (Å²) < 4.78 is 26.5. The molecule has 0 spiro atoms. The fraction of sp³-hybridized carbons (Fsp3) is 0.583. The van der Waals surface area contributed by atoms with E-state index in [-0.39, 0.29) is 9.09 Å². The molecule has 1 N–H and O–H groups in total. The molecule has 0 aliphatic carbocycles. The first-order valence-electron chi connectivity index (χ1n) is 6.14. The van der Waals surface area contributed by atoms with E-state index in [2.05, 4.69) is 0 Å². The van der Waals surface area contributed by atoms with Gasteiger partial charge in [-0.2, -0.15) is 4.31 Å². The summed E-state index contributed by atoms with van der Waals surface area (Å²) in [7, 11) is -3.55. The van der Waals surface area contributed by atoms with Gasteiger partial charge < -0.3 is 5.11 Å². The van der Waals surface area contributed by atoms with E-state index in [0.717, 1.165) is 17.8 Å². The summed E-state index contributed by atoms with van der Waals surface area (Å²) in [5.41, 5.74) is 0. The Bertz CT molecular complexity index is 568. The monoisotopic (exact) mass is 303 g/mol. The predicted molar refractivity (Wildman–Crippen MR) is 73.0 cm³/mol. The zero-order valence-corrected chi connectivity index (χ0v) is 12.5. The maximum atomic E-state index is 12.5. The Hall–Kier alpha value is -0.920. The second-order valence-corrected chi connectivity index (χ2v) is 8.44. The van der Waals surface area contributed by atoms with Gasteiger partial charge in [0.25, 0.3) is 10.0 Å². The van der Waals surface area contributed by atoms with Gasteiger partial charge in [-0.05, 0) is 30.4 Å². The summed E-state index contributed by atoms with van der Waals surface area (Å²) in [5.74, 6) is -0.429. The molecule has 1 aromatic rings. The van der Waals surface area contributed by atoms with E-state index in [1.165, 1.54) is 16.4 Å². The van der Waals surface area contributed by atoms with Crippen molar-refractivity contribution in [2.24, 2.45) is 11.8 Å². The molecular weight excluding hydrogens is 286 g/mol. The summed E-state index contributed by atoms with van der Waals surface area (Å²) in [6.07, 6.45) is 1.02. The minimum atomic E-state index is -3.55. The average molecular weight is 303 g/mol. The van der Waals surface area contributed by atoms with Crippen molar-refractivity contribution in [2.75, 3.05) is 13.1 Å². The van der Waals surface area contributed by atoms with Crippen LogP contribution in [0.3, 0.4) is 0 Å². The fourth-order valence-corrected chi connectivity index (χ4v) is 5.48. The first kappa shape index (κ1) is 14.5. The molecular formula is C12H17NO4S2. The van der Waals surface area contributed by atoms with Gasteiger partial charge in [0.2, 0.25) is 0 Å². The molecule has 7 heteroatoms. The Balaban J connectivity index is 2.28. The number of hydrogen-bond acceptors (Lipinski definition) is 4. The van der Waals surface area contributed by atoms with E-state index in [1.54, 1.807) is 0 Å². The lowest BCUT2D eigenvalue weighted by atomic mass is 9.94. The normalized spacial score (nSPS) is 25.4. The van der Waals surface area contributed by atoms with Gasteiger partial charge in [-0.15, -0.1) is 11.3 Å². The number of piperidine rings is 1. The molecule has 0 radical (unpaired) electrons. The second-order valence-electron chi connectivity index (χ2n) is 5.19. The molecule has 1 aliphatic rings. The van der Waals surface area contributed by atoms with Crippen molar-refractivity contribution < 1.29 is 18.3 Å². The van der Waals surface area contributed by atoms with E-state index >= 15 is 0 Å². The van der Waals surface area contributed by atoms with Crippen LogP contribution in [0.5, 0.6) is 0 Å². The maximum absolute atomic E-state index is 12.5. The minimum absolute atomic E-state index is 0.0525. The highest BCUT2D eigenvalue weighted by atomic mass is 32.2. The zero-order chi connectivity index (χ0) is 14.2. The van der Waals surface area contributed by atoms with Gasteiger partial charge in [0.15, 0.2) is 0 Å². The number of carboxylic acid groups (broad SMARTS) is 1. The van der Waals surface area contributed by atoms with Gasteiger partial charge >= 0.3 is 5.97 Å². The number of sulfonamides is 1. The SMILES string of the molecule is CC1CC(C)CN(S(=O)(=O)c2ccc(C(=O)O)s2)C1. The lowest BCUT2D eigenvalue weighted by Gasteiger charge is -2.33. The van der Waals surface area contributed by atoms with Crippen molar-refractivity contribution in [2.45, 2.75) is 24.5 Å². The van der Waals surface area contributed by atoms with E-state index in [0.29, 0.717) is 24.9 Å². The van der Waals surface area contributed by atoms with Gasteiger partial charge in [-0.1, -0.05) is 13.8 Å². The predicted octanol–water partition coefficient (Wildman–Crippen LogP) is 2.11. The number of rotatable bonds is 3. The summed E-state index contributed by atoms with van der Waals surface area (Å²) in [4.78, 5) is 10.9.